The molecule has 0 amide bonds. The van der Waals surface area contributed by atoms with Crippen molar-refractivity contribution in [1.82, 2.24) is 4.90 Å². The van der Waals surface area contributed by atoms with Crippen molar-refractivity contribution in [1.29, 1.82) is 0 Å². The van der Waals surface area contributed by atoms with Crippen LogP contribution < -0.4 is 0 Å². The molecule has 14 heavy (non-hydrogen) atoms. The monoisotopic (exact) mass is 197 g/mol. The lowest BCUT2D eigenvalue weighted by molar-refractivity contribution is -0.117. The van der Waals surface area contributed by atoms with Gasteiger partial charge in [-0.05, 0) is 32.9 Å². The third-order valence-electron chi connectivity index (χ3n) is 2.98. The SMILES string of the molecule is CC(=O)CCN1CCCCCCCC1. The van der Waals surface area contributed by atoms with Gasteiger partial charge in [-0.1, -0.05) is 25.7 Å². The minimum absolute atomic E-state index is 0.324. The van der Waals surface area contributed by atoms with E-state index in [1.165, 1.54) is 51.6 Å². The van der Waals surface area contributed by atoms with Gasteiger partial charge in [-0.25, -0.2) is 0 Å². The molecule has 0 radical (unpaired) electrons. The van der Waals surface area contributed by atoms with Crippen LogP contribution in [0.1, 0.15) is 51.9 Å². The second-order valence-electron chi connectivity index (χ2n) is 4.41. The Morgan fingerprint density at radius 3 is 2.00 bits per heavy atom. The highest BCUT2D eigenvalue weighted by atomic mass is 16.1. The molecule has 0 saturated carbocycles. The fourth-order valence-corrected chi connectivity index (χ4v) is 2.03. The molecule has 0 bridgehead atoms. The molecule has 1 heterocycles. The highest BCUT2D eigenvalue weighted by Gasteiger charge is 2.07. The highest BCUT2D eigenvalue weighted by Crippen LogP contribution is 2.11. The third-order valence-corrected chi connectivity index (χ3v) is 2.98. The molecule has 1 aliphatic rings. The van der Waals surface area contributed by atoms with E-state index in [0.29, 0.717) is 5.78 Å². The Hall–Kier alpha value is -0.370. The summed E-state index contributed by atoms with van der Waals surface area (Å²) in [4.78, 5) is 13.3. The lowest BCUT2D eigenvalue weighted by Gasteiger charge is -2.20. The van der Waals surface area contributed by atoms with E-state index < -0.39 is 0 Å². The molecule has 2 heteroatoms. The number of hydrogen-bond donors (Lipinski definition) is 0. The Balaban J connectivity index is 2.21. The molecular weight excluding hydrogens is 174 g/mol. The second kappa shape index (κ2) is 6.99. The predicted octanol–water partition coefficient (Wildman–Crippen LogP) is 2.62. The molecule has 1 rings (SSSR count). The van der Waals surface area contributed by atoms with Gasteiger partial charge in [-0.3, -0.25) is 4.79 Å². The van der Waals surface area contributed by atoms with Crippen molar-refractivity contribution in [2.24, 2.45) is 0 Å². The van der Waals surface area contributed by atoms with E-state index in [0.717, 1.165) is 13.0 Å². The molecule has 0 atom stereocenters. The van der Waals surface area contributed by atoms with E-state index in [2.05, 4.69) is 4.90 Å². The van der Waals surface area contributed by atoms with E-state index in [4.69, 9.17) is 0 Å². The fourth-order valence-electron chi connectivity index (χ4n) is 2.03. The van der Waals surface area contributed by atoms with E-state index in [1.54, 1.807) is 6.92 Å². The maximum atomic E-state index is 10.9. The van der Waals surface area contributed by atoms with E-state index in [9.17, 15) is 4.79 Å². The number of rotatable bonds is 3. The van der Waals surface area contributed by atoms with Crippen LogP contribution in [0.25, 0.3) is 0 Å². The number of Topliss-reactive ketones (excluding diaryl/α,β-unsaturated/α-hetero) is 1. The molecule has 0 aliphatic carbocycles. The smallest absolute Gasteiger partial charge is 0.131 e. The van der Waals surface area contributed by atoms with Gasteiger partial charge in [0.15, 0.2) is 0 Å². The topological polar surface area (TPSA) is 20.3 Å². The van der Waals surface area contributed by atoms with Gasteiger partial charge in [-0.15, -0.1) is 0 Å². The maximum Gasteiger partial charge on any atom is 0.131 e. The molecule has 0 unspecified atom stereocenters. The van der Waals surface area contributed by atoms with Crippen molar-refractivity contribution in [2.75, 3.05) is 19.6 Å². The summed E-state index contributed by atoms with van der Waals surface area (Å²) in [6.45, 7) is 5.08. The molecular formula is C12H23NO. The number of hydrogen-bond acceptors (Lipinski definition) is 2. The number of carbonyl (C=O) groups is 1. The first kappa shape index (κ1) is 11.7. The standard InChI is InChI=1S/C12H23NO/c1-12(14)8-11-13-9-6-4-2-3-5-7-10-13/h2-11H2,1H3. The number of ketones is 1. The lowest BCUT2D eigenvalue weighted by Crippen LogP contribution is -2.28. The van der Waals surface area contributed by atoms with Gasteiger partial charge in [0.25, 0.3) is 0 Å². The first-order valence-electron chi connectivity index (χ1n) is 6.01. The summed E-state index contributed by atoms with van der Waals surface area (Å²) < 4.78 is 0. The van der Waals surface area contributed by atoms with Crippen LogP contribution in [0, 0.1) is 0 Å². The minimum Gasteiger partial charge on any atom is -0.303 e. The van der Waals surface area contributed by atoms with Gasteiger partial charge >= 0.3 is 0 Å². The van der Waals surface area contributed by atoms with Gasteiger partial charge in [0, 0.05) is 13.0 Å². The second-order valence-corrected chi connectivity index (χ2v) is 4.41. The van der Waals surface area contributed by atoms with Crippen molar-refractivity contribution in [3.8, 4) is 0 Å². The van der Waals surface area contributed by atoms with E-state index >= 15 is 0 Å². The van der Waals surface area contributed by atoms with Crippen LogP contribution in [0.3, 0.4) is 0 Å². The van der Waals surface area contributed by atoms with Crippen LogP contribution in [0.15, 0.2) is 0 Å². The summed E-state index contributed by atoms with van der Waals surface area (Å²) in [5, 5.41) is 0. The fraction of sp³-hybridized carbons (Fsp3) is 0.917. The molecule has 0 spiro atoms. The molecule has 82 valence electrons. The van der Waals surface area contributed by atoms with Crippen LogP contribution in [0.4, 0.5) is 0 Å². The average molecular weight is 197 g/mol. The summed E-state index contributed by atoms with van der Waals surface area (Å²) in [6.07, 6.45) is 8.92. The van der Waals surface area contributed by atoms with Gasteiger partial charge < -0.3 is 4.90 Å². The van der Waals surface area contributed by atoms with Crippen LogP contribution in [0.2, 0.25) is 0 Å². The lowest BCUT2D eigenvalue weighted by atomic mass is 10.1. The predicted molar refractivity (Wildman–Crippen MR) is 59.4 cm³/mol. The number of carbonyl (C=O) groups excluding carboxylic acids is 1. The molecule has 0 aromatic rings. The highest BCUT2D eigenvalue weighted by molar-refractivity contribution is 5.75. The molecule has 0 N–H and O–H groups in total. The third kappa shape index (κ3) is 5.38. The van der Waals surface area contributed by atoms with Crippen LogP contribution in [-0.2, 0) is 4.79 Å². The normalized spacial score (nSPS) is 20.9. The zero-order valence-electron chi connectivity index (χ0n) is 9.43. The maximum absolute atomic E-state index is 10.9. The van der Waals surface area contributed by atoms with Gasteiger partial charge in [0.05, 0.1) is 0 Å². The minimum atomic E-state index is 0.324. The van der Waals surface area contributed by atoms with Crippen molar-refractivity contribution in [3.05, 3.63) is 0 Å². The van der Waals surface area contributed by atoms with Crippen LogP contribution in [-0.4, -0.2) is 30.3 Å². The summed E-state index contributed by atoms with van der Waals surface area (Å²) in [6, 6.07) is 0. The molecule has 1 saturated heterocycles. The largest absolute Gasteiger partial charge is 0.303 e. The summed E-state index contributed by atoms with van der Waals surface area (Å²) in [5.41, 5.74) is 0. The number of nitrogens with zero attached hydrogens (tertiary/aromatic N) is 1. The Bertz CT molecular complexity index is 158. The Morgan fingerprint density at radius 1 is 1.00 bits per heavy atom. The van der Waals surface area contributed by atoms with E-state index in [1.807, 2.05) is 0 Å². The summed E-state index contributed by atoms with van der Waals surface area (Å²) >= 11 is 0. The average Bonchev–Trinajstić information content (AvgIpc) is 2.27. The molecule has 1 aliphatic heterocycles. The molecule has 1 fully saturated rings. The summed E-state index contributed by atoms with van der Waals surface area (Å²) in [7, 11) is 0. The zero-order chi connectivity index (χ0) is 10.2. The van der Waals surface area contributed by atoms with E-state index in [-0.39, 0.29) is 0 Å². The van der Waals surface area contributed by atoms with Crippen molar-refractivity contribution >= 4 is 5.78 Å². The van der Waals surface area contributed by atoms with Crippen molar-refractivity contribution < 1.29 is 4.79 Å². The summed E-state index contributed by atoms with van der Waals surface area (Å²) in [5.74, 6) is 0.324. The van der Waals surface area contributed by atoms with Gasteiger partial charge in [-0.2, -0.15) is 0 Å². The zero-order valence-corrected chi connectivity index (χ0v) is 9.43. The van der Waals surface area contributed by atoms with Crippen LogP contribution in [0.5, 0.6) is 0 Å². The first-order valence-corrected chi connectivity index (χ1v) is 6.01. The van der Waals surface area contributed by atoms with Crippen molar-refractivity contribution in [3.63, 3.8) is 0 Å². The molecule has 2 nitrogen and oxygen atoms in total. The Labute approximate surface area is 87.7 Å². The quantitative estimate of drug-likeness (QED) is 0.693. The van der Waals surface area contributed by atoms with Gasteiger partial charge in [0.1, 0.15) is 5.78 Å². The first-order chi connectivity index (χ1) is 6.79. The van der Waals surface area contributed by atoms with Gasteiger partial charge in [0.2, 0.25) is 0 Å². The van der Waals surface area contributed by atoms with Crippen molar-refractivity contribution in [2.45, 2.75) is 51.9 Å². The molecule has 0 aromatic carbocycles. The van der Waals surface area contributed by atoms with Crippen LogP contribution >= 0.6 is 0 Å². The molecule has 0 aromatic heterocycles. The Morgan fingerprint density at radius 2 is 1.50 bits per heavy atom. The Kier molecular flexibility index (Phi) is 5.85.